The van der Waals surface area contributed by atoms with E-state index in [9.17, 15) is 9.59 Å². The van der Waals surface area contributed by atoms with Gasteiger partial charge in [-0.2, -0.15) is 5.26 Å². The zero-order chi connectivity index (χ0) is 19.0. The molecule has 0 bridgehead atoms. The van der Waals surface area contributed by atoms with E-state index in [-0.39, 0.29) is 6.54 Å². The van der Waals surface area contributed by atoms with Crippen molar-refractivity contribution < 1.29 is 14.1 Å². The van der Waals surface area contributed by atoms with E-state index in [1.165, 1.54) is 11.3 Å². The first kappa shape index (κ1) is 17.0. The summed E-state index contributed by atoms with van der Waals surface area (Å²) in [6.07, 6.45) is 0. The first-order valence-electron chi connectivity index (χ1n) is 8.15. The molecule has 1 N–H and O–H groups in total. The molecule has 27 heavy (non-hydrogen) atoms. The minimum absolute atomic E-state index is 0.00702. The Kier molecular flexibility index (Phi) is 4.01. The van der Waals surface area contributed by atoms with Crippen molar-refractivity contribution in [3.63, 3.8) is 0 Å². The second kappa shape index (κ2) is 6.37. The summed E-state index contributed by atoms with van der Waals surface area (Å²) < 4.78 is 5.31. The number of benzene rings is 1. The first-order valence-corrected chi connectivity index (χ1v) is 9.03. The Morgan fingerprint density at radius 1 is 1.30 bits per heavy atom. The average molecular weight is 378 g/mol. The highest BCUT2D eigenvalue weighted by molar-refractivity contribution is 7.13. The Hall–Kier alpha value is -3.44. The number of carbonyl (C=O) groups excluding carboxylic acids is 2. The van der Waals surface area contributed by atoms with Gasteiger partial charge in [0.25, 0.3) is 5.91 Å². The van der Waals surface area contributed by atoms with Crippen LogP contribution in [0.5, 0.6) is 0 Å². The van der Waals surface area contributed by atoms with Crippen LogP contribution in [-0.4, -0.2) is 22.0 Å². The van der Waals surface area contributed by atoms with E-state index in [1.54, 1.807) is 37.3 Å². The molecule has 1 aliphatic heterocycles. The topological polar surface area (TPSA) is 99.2 Å². The molecule has 1 aliphatic rings. The highest BCUT2D eigenvalue weighted by atomic mass is 32.1. The fraction of sp³-hybridized carbons (Fsp3) is 0.158. The number of nitrogens with zero attached hydrogens (tertiary/aromatic N) is 3. The molecule has 7 nitrogen and oxygen atoms in total. The number of nitriles is 1. The van der Waals surface area contributed by atoms with Gasteiger partial charge < -0.3 is 9.84 Å². The molecule has 1 saturated heterocycles. The molecule has 0 aliphatic carbocycles. The molecule has 1 atom stereocenters. The Balaban J connectivity index is 1.59. The van der Waals surface area contributed by atoms with Crippen LogP contribution in [-0.2, 0) is 16.9 Å². The standard InChI is InChI=1S/C19H14N4O3S/c1-19(13-5-2-4-12(8-13)10-20)17(24)23(18(25)21-19)11-14-9-15(26-22-14)16-6-3-7-27-16/h2-9H,11H2,1H3,(H,21,25)/t19-/m0/s1. The molecule has 0 radical (unpaired) electrons. The van der Waals surface area contributed by atoms with E-state index in [1.807, 2.05) is 23.6 Å². The van der Waals surface area contributed by atoms with Gasteiger partial charge in [0.2, 0.25) is 0 Å². The van der Waals surface area contributed by atoms with Gasteiger partial charge in [-0.05, 0) is 36.1 Å². The van der Waals surface area contributed by atoms with Crippen molar-refractivity contribution in [1.82, 2.24) is 15.4 Å². The molecule has 4 rings (SSSR count). The van der Waals surface area contributed by atoms with E-state index < -0.39 is 17.5 Å². The molecule has 0 saturated carbocycles. The highest BCUT2D eigenvalue weighted by Crippen LogP contribution is 2.31. The Morgan fingerprint density at radius 3 is 2.89 bits per heavy atom. The predicted molar refractivity (Wildman–Crippen MR) is 97.4 cm³/mol. The van der Waals surface area contributed by atoms with E-state index in [2.05, 4.69) is 10.5 Å². The summed E-state index contributed by atoms with van der Waals surface area (Å²) in [6.45, 7) is 1.64. The number of rotatable bonds is 4. The average Bonchev–Trinajstić information content (AvgIpc) is 3.40. The van der Waals surface area contributed by atoms with Gasteiger partial charge in [0.1, 0.15) is 11.2 Å². The van der Waals surface area contributed by atoms with Gasteiger partial charge in [-0.15, -0.1) is 11.3 Å². The summed E-state index contributed by atoms with van der Waals surface area (Å²) in [5.41, 5.74) is 0.231. The summed E-state index contributed by atoms with van der Waals surface area (Å²) in [5.74, 6) is 0.194. The SMILES string of the molecule is C[C@@]1(c2cccc(C#N)c2)NC(=O)N(Cc2cc(-c3cccs3)on2)C1=O. The van der Waals surface area contributed by atoms with Crippen molar-refractivity contribution in [1.29, 1.82) is 5.26 Å². The molecule has 134 valence electrons. The number of carbonyl (C=O) groups is 2. The zero-order valence-corrected chi connectivity index (χ0v) is 15.1. The normalized spacial score (nSPS) is 19.2. The zero-order valence-electron chi connectivity index (χ0n) is 14.3. The lowest BCUT2D eigenvalue weighted by atomic mass is 9.91. The molecule has 3 heterocycles. The molecule has 0 spiro atoms. The lowest BCUT2D eigenvalue weighted by molar-refractivity contribution is -0.131. The maximum absolute atomic E-state index is 13.0. The van der Waals surface area contributed by atoms with Crippen LogP contribution in [0.25, 0.3) is 10.6 Å². The maximum Gasteiger partial charge on any atom is 0.325 e. The second-order valence-corrected chi connectivity index (χ2v) is 7.25. The van der Waals surface area contributed by atoms with Gasteiger partial charge in [-0.3, -0.25) is 9.69 Å². The van der Waals surface area contributed by atoms with Gasteiger partial charge in [0.05, 0.1) is 23.1 Å². The summed E-state index contributed by atoms with van der Waals surface area (Å²) in [6, 6.07) is 13.7. The molecule has 0 unspecified atom stereocenters. The third-order valence-electron chi connectivity index (χ3n) is 4.49. The van der Waals surface area contributed by atoms with Crippen molar-refractivity contribution in [2.24, 2.45) is 0 Å². The fourth-order valence-corrected chi connectivity index (χ4v) is 3.69. The monoisotopic (exact) mass is 378 g/mol. The van der Waals surface area contributed by atoms with Crippen LogP contribution in [0.1, 0.15) is 23.7 Å². The smallest absolute Gasteiger partial charge is 0.325 e. The molecular formula is C19H14N4O3S. The van der Waals surface area contributed by atoms with Crippen LogP contribution in [0.2, 0.25) is 0 Å². The predicted octanol–water partition coefficient (Wildman–Crippen LogP) is 3.24. The number of imide groups is 1. The Morgan fingerprint density at radius 2 is 2.15 bits per heavy atom. The second-order valence-electron chi connectivity index (χ2n) is 6.30. The molecular weight excluding hydrogens is 364 g/mol. The van der Waals surface area contributed by atoms with Gasteiger partial charge >= 0.3 is 6.03 Å². The Bertz CT molecular complexity index is 1070. The first-order chi connectivity index (χ1) is 13.0. The molecule has 3 amide bonds. The van der Waals surface area contributed by atoms with Crippen LogP contribution in [0.3, 0.4) is 0 Å². The van der Waals surface area contributed by atoms with Gasteiger partial charge in [0, 0.05) is 6.07 Å². The third-order valence-corrected chi connectivity index (χ3v) is 5.37. The maximum atomic E-state index is 13.0. The van der Waals surface area contributed by atoms with Crippen LogP contribution in [0.4, 0.5) is 4.79 Å². The number of hydrogen-bond donors (Lipinski definition) is 1. The van der Waals surface area contributed by atoms with E-state index in [4.69, 9.17) is 9.78 Å². The van der Waals surface area contributed by atoms with E-state index in [0.717, 1.165) is 9.78 Å². The minimum atomic E-state index is -1.23. The van der Waals surface area contributed by atoms with Crippen molar-refractivity contribution in [3.8, 4) is 16.7 Å². The summed E-state index contributed by atoms with van der Waals surface area (Å²) >= 11 is 1.51. The number of hydrogen-bond acceptors (Lipinski definition) is 6. The highest BCUT2D eigenvalue weighted by Gasteiger charge is 2.49. The fourth-order valence-electron chi connectivity index (χ4n) is 3.02. The number of nitrogens with one attached hydrogen (secondary N) is 1. The number of amides is 3. The minimum Gasteiger partial charge on any atom is -0.355 e. The van der Waals surface area contributed by atoms with Crippen molar-refractivity contribution in [2.75, 3.05) is 0 Å². The molecule has 2 aromatic heterocycles. The van der Waals surface area contributed by atoms with Gasteiger partial charge in [-0.1, -0.05) is 23.4 Å². The van der Waals surface area contributed by atoms with Crippen molar-refractivity contribution >= 4 is 23.3 Å². The summed E-state index contributed by atoms with van der Waals surface area (Å²) in [5, 5.41) is 17.7. The van der Waals surface area contributed by atoms with E-state index >= 15 is 0 Å². The van der Waals surface area contributed by atoms with Crippen LogP contribution < -0.4 is 5.32 Å². The van der Waals surface area contributed by atoms with Gasteiger partial charge in [-0.25, -0.2) is 4.79 Å². The summed E-state index contributed by atoms with van der Waals surface area (Å²) in [7, 11) is 0. The molecule has 1 fully saturated rings. The lowest BCUT2D eigenvalue weighted by Gasteiger charge is -2.22. The lowest BCUT2D eigenvalue weighted by Crippen LogP contribution is -2.40. The quantitative estimate of drug-likeness (QED) is 0.703. The van der Waals surface area contributed by atoms with Crippen LogP contribution in [0.15, 0.2) is 52.4 Å². The van der Waals surface area contributed by atoms with Crippen molar-refractivity contribution in [3.05, 3.63) is 64.7 Å². The van der Waals surface area contributed by atoms with Gasteiger partial charge in [0.15, 0.2) is 5.76 Å². The molecule has 1 aromatic carbocycles. The molecule has 8 heteroatoms. The number of thiophene rings is 1. The van der Waals surface area contributed by atoms with Crippen LogP contribution >= 0.6 is 11.3 Å². The third kappa shape index (κ3) is 2.88. The van der Waals surface area contributed by atoms with Crippen molar-refractivity contribution in [2.45, 2.75) is 19.0 Å². The largest absolute Gasteiger partial charge is 0.355 e. The Labute approximate surface area is 158 Å². The number of urea groups is 1. The molecule has 3 aromatic rings. The van der Waals surface area contributed by atoms with E-state index in [0.29, 0.717) is 22.6 Å². The summed E-state index contributed by atoms with van der Waals surface area (Å²) in [4.78, 5) is 27.4. The number of aromatic nitrogens is 1. The van der Waals surface area contributed by atoms with Crippen LogP contribution in [0, 0.1) is 11.3 Å².